The number of hydrogen-bond acceptors (Lipinski definition) is 8. The van der Waals surface area contributed by atoms with Gasteiger partial charge >= 0.3 is 5.97 Å². The van der Waals surface area contributed by atoms with E-state index in [9.17, 15) is 9.69 Å². The summed E-state index contributed by atoms with van der Waals surface area (Å²) in [6.07, 6.45) is 4.37. The van der Waals surface area contributed by atoms with Crippen molar-refractivity contribution in [3.63, 3.8) is 0 Å². The Kier molecular flexibility index (Phi) is 23.0. The molecule has 0 bridgehead atoms. The molecule has 0 fully saturated rings. The van der Waals surface area contributed by atoms with Gasteiger partial charge < -0.3 is 28.9 Å². The zero-order chi connectivity index (χ0) is 29.7. The van der Waals surface area contributed by atoms with Crippen molar-refractivity contribution >= 4 is 20.8 Å². The Morgan fingerprint density at radius 3 is 2.24 bits per heavy atom. The minimum atomic E-state index is -1.32. The first-order valence-electron chi connectivity index (χ1n) is 13.4. The molecule has 0 aliphatic carbocycles. The van der Waals surface area contributed by atoms with Crippen molar-refractivity contribution in [2.45, 2.75) is 81.8 Å². The molecule has 2 N–H and O–H groups in total. The van der Waals surface area contributed by atoms with Gasteiger partial charge in [0.15, 0.2) is 8.38 Å². The largest absolute Gasteiger partial charge is 0.496 e. The van der Waals surface area contributed by atoms with Crippen LogP contribution < -0.4 is 10.1 Å². The van der Waals surface area contributed by atoms with Gasteiger partial charge in [0.2, 0.25) is 0 Å². The minimum absolute atomic E-state index is 0.295. The molecule has 1 aliphatic rings. The van der Waals surface area contributed by atoms with Crippen LogP contribution >= 0.6 is 8.38 Å². The third-order valence-electron chi connectivity index (χ3n) is 5.09. The van der Waals surface area contributed by atoms with E-state index in [-0.39, 0.29) is 5.97 Å². The summed E-state index contributed by atoms with van der Waals surface area (Å²) < 4.78 is 19.9. The fourth-order valence-electron chi connectivity index (χ4n) is 3.57. The number of methoxy groups -OCH3 is 2. The van der Waals surface area contributed by atoms with Crippen molar-refractivity contribution in [3.05, 3.63) is 39.5 Å². The molecule has 0 saturated heterocycles. The Balaban J connectivity index is 0. The number of fused-ring (bicyclic) bond motifs is 1. The first-order chi connectivity index (χ1) is 18.1. The number of carbonyl (C=O) groups is 2. The van der Waals surface area contributed by atoms with Gasteiger partial charge in [0.1, 0.15) is 17.9 Å². The van der Waals surface area contributed by atoms with Gasteiger partial charge in [-0.25, -0.2) is 4.79 Å². The number of hydrogen-bond donors (Lipinski definition) is 2. The van der Waals surface area contributed by atoms with Crippen molar-refractivity contribution in [3.8, 4) is 5.75 Å². The lowest BCUT2D eigenvalue weighted by Gasteiger charge is -2.18. The number of nitrogens with one attached hydrogen (secondary N) is 1. The maximum absolute atomic E-state index is 12.2. The van der Waals surface area contributed by atoms with E-state index in [0.717, 1.165) is 35.6 Å². The molecule has 1 heterocycles. The summed E-state index contributed by atoms with van der Waals surface area (Å²) in [5.41, 5.74) is 6.17. The Morgan fingerprint density at radius 1 is 1.18 bits per heavy atom. The van der Waals surface area contributed by atoms with Crippen LogP contribution in [0.4, 0.5) is 0 Å². The van der Waals surface area contributed by atoms with Crippen LogP contribution in [0.1, 0.15) is 88.0 Å². The molecule has 1 aromatic carbocycles. The lowest BCUT2D eigenvalue weighted by atomic mass is 9.89. The Hall–Kier alpha value is -1.99. The number of ether oxygens (including phenoxy) is 3. The molecule has 0 radical (unpaired) electrons. The minimum Gasteiger partial charge on any atom is -0.496 e. The topological polar surface area (TPSA) is 103 Å². The molecule has 2 rings (SSSR count). The fraction of sp³-hybridized carbons (Fsp3) is 0.655. The van der Waals surface area contributed by atoms with E-state index in [1.165, 1.54) is 18.2 Å². The summed E-state index contributed by atoms with van der Waals surface area (Å²) in [6, 6.07) is 0. The van der Waals surface area contributed by atoms with Gasteiger partial charge in [0.25, 0.3) is 6.47 Å². The van der Waals surface area contributed by atoms with Crippen molar-refractivity contribution in [2.75, 3.05) is 40.1 Å². The van der Waals surface area contributed by atoms with E-state index in [1.807, 2.05) is 20.8 Å². The molecule has 0 spiro atoms. The predicted octanol–water partition coefficient (Wildman–Crippen LogP) is 6.13. The van der Waals surface area contributed by atoms with Gasteiger partial charge in [-0.1, -0.05) is 53.2 Å². The van der Waals surface area contributed by atoms with Crippen LogP contribution in [-0.4, -0.2) is 57.4 Å². The normalized spacial score (nSPS) is 12.6. The van der Waals surface area contributed by atoms with Gasteiger partial charge in [0.05, 0.1) is 20.8 Å². The maximum atomic E-state index is 12.2. The van der Waals surface area contributed by atoms with E-state index >= 15 is 0 Å². The summed E-state index contributed by atoms with van der Waals surface area (Å²) in [7, 11) is 1.60. The summed E-state index contributed by atoms with van der Waals surface area (Å²) in [5.74, 6) is 1.19. The lowest BCUT2D eigenvalue weighted by molar-refractivity contribution is -0.126. The van der Waals surface area contributed by atoms with Crippen LogP contribution in [0.25, 0.3) is 0 Å². The highest BCUT2D eigenvalue weighted by atomic mass is 31.2. The molecule has 0 amide bonds. The zero-order valence-corrected chi connectivity index (χ0v) is 26.4. The zero-order valence-electron chi connectivity index (χ0n) is 25.5. The summed E-state index contributed by atoms with van der Waals surface area (Å²) in [6.45, 7) is 21.3. The SMILES string of the molecule is CC.CC(C)C.CCOP(O)CCNC/C(C)=C/Cc1c(CC)c(C)c2c(c1OC)C(=O)OC2.COC=O. The van der Waals surface area contributed by atoms with Gasteiger partial charge in [-0.15, -0.1) is 0 Å². The summed E-state index contributed by atoms with van der Waals surface area (Å²) in [4.78, 5) is 30.8. The van der Waals surface area contributed by atoms with Crippen LogP contribution in [0.15, 0.2) is 11.6 Å². The smallest absolute Gasteiger partial charge is 0.342 e. The molecule has 1 unspecified atom stereocenters. The second kappa shape index (κ2) is 22.9. The van der Waals surface area contributed by atoms with Gasteiger partial charge in [0, 0.05) is 30.4 Å². The number of carbonyl (C=O) groups excluding carboxylic acids is 2. The lowest BCUT2D eigenvalue weighted by Crippen LogP contribution is -2.20. The fourth-order valence-corrected chi connectivity index (χ4v) is 4.35. The van der Waals surface area contributed by atoms with Crippen LogP contribution in [0.5, 0.6) is 5.75 Å². The Bertz CT molecular complexity index is 838. The molecule has 1 aliphatic heterocycles. The average molecular weight is 558 g/mol. The van der Waals surface area contributed by atoms with Gasteiger partial charge in [-0.05, 0) is 50.7 Å². The van der Waals surface area contributed by atoms with Crippen LogP contribution in [0.2, 0.25) is 0 Å². The quantitative estimate of drug-likeness (QED) is 0.104. The van der Waals surface area contributed by atoms with Crippen molar-refractivity contribution < 1.29 is 33.2 Å². The van der Waals surface area contributed by atoms with E-state index in [1.54, 1.807) is 7.11 Å². The number of esters is 1. The number of benzene rings is 1. The standard InChI is InChI=1S/C21H32NO5P.C4H10.C2H4O2.C2H6/c1-6-16-15(4)18-13-26-21(23)19(18)20(25-5)17(16)9-8-14(3)12-22-10-11-28(24)27-7-2;1-4(2)3;1-4-2-3;1-2/h8,22,24H,6-7,9-13H2,1-5H3;4H,1-3H3;2H,1H3;1-2H3/b14-8+;;;. The highest BCUT2D eigenvalue weighted by molar-refractivity contribution is 7.46. The van der Waals surface area contributed by atoms with Crippen LogP contribution in [0, 0.1) is 12.8 Å². The van der Waals surface area contributed by atoms with Gasteiger partial charge in [-0.2, -0.15) is 0 Å². The molecule has 8 nitrogen and oxygen atoms in total. The van der Waals surface area contributed by atoms with Crippen molar-refractivity contribution in [1.29, 1.82) is 0 Å². The highest BCUT2D eigenvalue weighted by Gasteiger charge is 2.31. The molecular weight excluding hydrogens is 505 g/mol. The second-order valence-corrected chi connectivity index (χ2v) is 10.3. The van der Waals surface area contributed by atoms with Crippen molar-refractivity contribution in [1.82, 2.24) is 5.32 Å². The number of allylic oxidation sites excluding steroid dienone is 1. The number of rotatable bonds is 12. The van der Waals surface area contributed by atoms with E-state index in [2.05, 4.69) is 57.7 Å². The molecule has 0 saturated carbocycles. The second-order valence-electron chi connectivity index (χ2n) is 8.89. The number of cyclic esters (lactones) is 1. The van der Waals surface area contributed by atoms with E-state index < -0.39 is 8.38 Å². The van der Waals surface area contributed by atoms with E-state index in [4.69, 9.17) is 18.8 Å². The molecule has 9 heteroatoms. The predicted molar refractivity (Wildman–Crippen MR) is 157 cm³/mol. The molecule has 1 aromatic rings. The first kappa shape index (κ1) is 38.2. The highest BCUT2D eigenvalue weighted by Crippen LogP contribution is 2.39. The van der Waals surface area contributed by atoms with Crippen LogP contribution in [0.3, 0.4) is 0 Å². The monoisotopic (exact) mass is 557 g/mol. The Morgan fingerprint density at radius 2 is 1.76 bits per heavy atom. The molecule has 220 valence electrons. The third kappa shape index (κ3) is 14.2. The third-order valence-corrected chi connectivity index (χ3v) is 6.26. The molecule has 1 atom stereocenters. The molecule has 38 heavy (non-hydrogen) atoms. The maximum Gasteiger partial charge on any atom is 0.342 e. The van der Waals surface area contributed by atoms with Gasteiger partial charge in [-0.3, -0.25) is 4.79 Å². The molecule has 0 aromatic heterocycles. The van der Waals surface area contributed by atoms with E-state index in [0.29, 0.717) is 50.1 Å². The summed E-state index contributed by atoms with van der Waals surface area (Å²) in [5, 5.41) is 3.33. The Labute approximate surface area is 232 Å². The van der Waals surface area contributed by atoms with Crippen molar-refractivity contribution in [2.24, 2.45) is 5.92 Å². The molecular formula is C29H52NO7P. The van der Waals surface area contributed by atoms with Crippen LogP contribution in [-0.2, 0) is 38.2 Å². The first-order valence-corrected chi connectivity index (χ1v) is 14.8. The summed E-state index contributed by atoms with van der Waals surface area (Å²) >= 11 is 0. The average Bonchev–Trinajstić information content (AvgIpc) is 3.28.